The molecule has 0 bridgehead atoms. The Morgan fingerprint density at radius 2 is 1.50 bits per heavy atom. The third-order valence-electron chi connectivity index (χ3n) is 4.31. The molecule has 30 heavy (non-hydrogen) atoms. The lowest BCUT2D eigenvalue weighted by molar-refractivity contribution is -0.138. The lowest BCUT2D eigenvalue weighted by Crippen LogP contribution is -2.44. The van der Waals surface area contributed by atoms with Crippen LogP contribution in [0.3, 0.4) is 0 Å². The normalized spacial score (nSPS) is 12.8. The van der Waals surface area contributed by atoms with Gasteiger partial charge in [0.25, 0.3) is 0 Å². The summed E-state index contributed by atoms with van der Waals surface area (Å²) in [6.45, 7) is 1.55. The molecule has 13 heteroatoms. The number of nitrogens with zero attached hydrogens (tertiary/aromatic N) is 1. The Labute approximate surface area is 197 Å². The number of aliphatic hydroxyl groups is 1. The van der Waals surface area contributed by atoms with E-state index < -0.39 is 17.9 Å². The van der Waals surface area contributed by atoms with E-state index in [4.69, 9.17) is 28.7 Å². The van der Waals surface area contributed by atoms with Gasteiger partial charge < -0.3 is 39.1 Å². The van der Waals surface area contributed by atoms with Gasteiger partial charge in [-0.15, -0.1) is 37.2 Å². The van der Waals surface area contributed by atoms with Crippen LogP contribution in [-0.4, -0.2) is 54.7 Å². The first-order valence-electron chi connectivity index (χ1n) is 9.55. The molecular weight excluding hydrogens is 457 g/mol. The molecule has 0 aromatic heterocycles. The molecule has 0 aromatic rings. The van der Waals surface area contributed by atoms with E-state index in [-0.39, 0.29) is 55.1 Å². The number of primary amides is 1. The Balaban J connectivity index is -0.00000113. The zero-order valence-electron chi connectivity index (χ0n) is 17.3. The van der Waals surface area contributed by atoms with Crippen LogP contribution >= 0.6 is 37.2 Å². The van der Waals surface area contributed by atoms with Crippen molar-refractivity contribution in [3.05, 3.63) is 0 Å². The molecule has 0 fully saturated rings. The van der Waals surface area contributed by atoms with E-state index in [1.807, 2.05) is 0 Å². The second-order valence-electron chi connectivity index (χ2n) is 6.73. The van der Waals surface area contributed by atoms with Crippen molar-refractivity contribution in [3.8, 4) is 0 Å². The average Bonchev–Trinajstić information content (AvgIpc) is 2.61. The maximum atomic E-state index is 12.3. The van der Waals surface area contributed by atoms with Crippen molar-refractivity contribution < 1.29 is 14.7 Å². The number of unbranched alkanes of at least 4 members (excludes halogenated alkanes) is 2. The molecule has 3 unspecified atom stereocenters. The summed E-state index contributed by atoms with van der Waals surface area (Å²) in [4.78, 5) is 27.5. The molecule has 0 aliphatic carbocycles. The summed E-state index contributed by atoms with van der Waals surface area (Å²) in [7, 11) is 0. The van der Waals surface area contributed by atoms with Crippen LogP contribution in [0.1, 0.15) is 51.4 Å². The average molecular weight is 497 g/mol. The number of rotatable bonds is 16. The first-order chi connectivity index (χ1) is 12.8. The fourth-order valence-corrected chi connectivity index (χ4v) is 2.72. The molecule has 0 aliphatic rings. The van der Waals surface area contributed by atoms with Gasteiger partial charge in [-0.25, -0.2) is 0 Å². The number of amides is 2. The number of carbonyl (C=O) groups is 2. The minimum atomic E-state index is -1.51. The molecule has 10 nitrogen and oxygen atoms in total. The van der Waals surface area contributed by atoms with Crippen molar-refractivity contribution >= 4 is 55.0 Å². The summed E-state index contributed by atoms with van der Waals surface area (Å²) in [6, 6.07) is 0.0580. The molecule has 3 atom stereocenters. The maximum Gasteiger partial charge on any atom is 0.247 e. The highest BCUT2D eigenvalue weighted by Crippen LogP contribution is 2.15. The molecular formula is C17H40Cl3N7O3. The highest BCUT2D eigenvalue weighted by molar-refractivity contribution is 5.88. The first-order valence-corrected chi connectivity index (χ1v) is 9.55. The van der Waals surface area contributed by atoms with Gasteiger partial charge in [0, 0.05) is 19.1 Å². The molecule has 0 heterocycles. The maximum absolute atomic E-state index is 12.3. The Morgan fingerprint density at radius 3 is 2.03 bits per heavy atom. The topological polar surface area (TPSA) is 209 Å². The van der Waals surface area contributed by atoms with Gasteiger partial charge >= 0.3 is 0 Å². The molecule has 0 spiro atoms. The molecule has 0 saturated heterocycles. The monoisotopic (exact) mass is 495 g/mol. The van der Waals surface area contributed by atoms with Crippen molar-refractivity contribution in [2.24, 2.45) is 39.6 Å². The van der Waals surface area contributed by atoms with Crippen molar-refractivity contribution in [1.82, 2.24) is 5.32 Å². The smallest absolute Gasteiger partial charge is 0.247 e. The Bertz CT molecular complexity index is 470. The lowest BCUT2D eigenvalue weighted by atomic mass is 9.93. The van der Waals surface area contributed by atoms with Crippen LogP contribution in [0.4, 0.5) is 0 Å². The summed E-state index contributed by atoms with van der Waals surface area (Å²) in [6.07, 6.45) is 4.23. The third-order valence-corrected chi connectivity index (χ3v) is 4.31. The number of aliphatic imine (C=N–C) groups is 1. The van der Waals surface area contributed by atoms with Crippen molar-refractivity contribution in [2.45, 2.75) is 63.5 Å². The number of hydrogen-bond donors (Lipinski definition) is 7. The minimum absolute atomic E-state index is 0. The van der Waals surface area contributed by atoms with Crippen LogP contribution in [0.25, 0.3) is 0 Å². The predicted octanol–water partition coefficient (Wildman–Crippen LogP) is -0.489. The number of nitrogens with two attached hydrogens (primary N) is 5. The molecule has 2 amide bonds. The fourth-order valence-electron chi connectivity index (χ4n) is 2.72. The van der Waals surface area contributed by atoms with Gasteiger partial charge in [0.15, 0.2) is 5.96 Å². The Morgan fingerprint density at radius 1 is 0.900 bits per heavy atom. The molecule has 0 rings (SSSR count). The quantitative estimate of drug-likeness (QED) is 0.0845. The van der Waals surface area contributed by atoms with Gasteiger partial charge in [-0.05, 0) is 45.1 Å². The summed E-state index contributed by atoms with van der Waals surface area (Å²) >= 11 is 0. The van der Waals surface area contributed by atoms with Crippen LogP contribution < -0.4 is 34.0 Å². The van der Waals surface area contributed by atoms with Gasteiger partial charge in [-0.2, -0.15) is 0 Å². The van der Waals surface area contributed by atoms with Crippen LogP contribution in [0.2, 0.25) is 0 Å². The predicted molar refractivity (Wildman–Crippen MR) is 128 cm³/mol. The second-order valence-corrected chi connectivity index (χ2v) is 6.73. The highest BCUT2D eigenvalue weighted by atomic mass is 35.5. The zero-order valence-corrected chi connectivity index (χ0v) is 19.8. The van der Waals surface area contributed by atoms with Crippen LogP contribution in [0, 0.1) is 5.92 Å². The van der Waals surface area contributed by atoms with E-state index in [9.17, 15) is 14.7 Å². The molecule has 12 N–H and O–H groups in total. The van der Waals surface area contributed by atoms with Gasteiger partial charge in [-0.3, -0.25) is 14.6 Å². The summed E-state index contributed by atoms with van der Waals surface area (Å²) in [5, 5.41) is 12.7. The van der Waals surface area contributed by atoms with Crippen LogP contribution in [0.15, 0.2) is 4.99 Å². The lowest BCUT2D eigenvalue weighted by Gasteiger charge is -2.20. The Hall–Kier alpha value is -1.04. The summed E-state index contributed by atoms with van der Waals surface area (Å²) in [5.74, 6) is -2.10. The van der Waals surface area contributed by atoms with E-state index in [1.54, 1.807) is 0 Å². The Kier molecular flexibility index (Phi) is 27.4. The number of guanidine groups is 1. The second kappa shape index (κ2) is 22.6. The fraction of sp³-hybridized carbons (Fsp3) is 0.824. The number of aliphatic hydroxyl groups excluding tert-OH is 1. The van der Waals surface area contributed by atoms with E-state index in [2.05, 4.69) is 10.3 Å². The van der Waals surface area contributed by atoms with Gasteiger partial charge in [-0.1, -0.05) is 12.8 Å². The first kappa shape index (κ1) is 36.3. The third kappa shape index (κ3) is 19.0. The van der Waals surface area contributed by atoms with E-state index in [0.717, 1.165) is 38.5 Å². The molecule has 0 aliphatic heterocycles. The zero-order chi connectivity index (χ0) is 20.7. The standard InChI is InChI=1S/C17H37N7O3.3ClH/c18-9-4-6-12(19)7-5-11-23-16(27)13(14(25)15(20)26)8-2-1-3-10-24-17(21)22;;;/h12-14,25H,1-11,18-19H2,(H2,20,26)(H,23,27)(H4,21,22,24);3*1H. The van der Waals surface area contributed by atoms with E-state index in [1.165, 1.54) is 0 Å². The van der Waals surface area contributed by atoms with Crippen LogP contribution in [0.5, 0.6) is 0 Å². The van der Waals surface area contributed by atoms with Gasteiger partial charge in [0.05, 0.1) is 5.92 Å². The minimum Gasteiger partial charge on any atom is -0.382 e. The molecule has 182 valence electrons. The van der Waals surface area contributed by atoms with Gasteiger partial charge in [0.1, 0.15) is 6.10 Å². The van der Waals surface area contributed by atoms with Gasteiger partial charge in [0.2, 0.25) is 11.8 Å². The number of halogens is 3. The number of hydrogen-bond acceptors (Lipinski definition) is 6. The van der Waals surface area contributed by atoms with Crippen LogP contribution in [-0.2, 0) is 9.59 Å². The molecule has 0 saturated carbocycles. The summed E-state index contributed by atoms with van der Waals surface area (Å²) < 4.78 is 0. The van der Waals surface area contributed by atoms with Crippen molar-refractivity contribution in [1.29, 1.82) is 0 Å². The number of carbonyl (C=O) groups excluding carboxylic acids is 2. The highest BCUT2D eigenvalue weighted by Gasteiger charge is 2.30. The largest absolute Gasteiger partial charge is 0.382 e. The van der Waals surface area contributed by atoms with Crippen molar-refractivity contribution in [3.63, 3.8) is 0 Å². The van der Waals surface area contributed by atoms with E-state index in [0.29, 0.717) is 32.5 Å². The van der Waals surface area contributed by atoms with Crippen molar-refractivity contribution in [2.75, 3.05) is 19.6 Å². The summed E-state index contributed by atoms with van der Waals surface area (Å²) in [5.41, 5.74) is 27.1. The molecule has 0 aromatic carbocycles. The number of nitrogens with one attached hydrogen (secondary N) is 1. The molecule has 0 radical (unpaired) electrons. The van der Waals surface area contributed by atoms with E-state index >= 15 is 0 Å². The SMILES string of the molecule is Cl.Cl.Cl.NCCCC(N)CCCNC(=O)C(CCCCCN=C(N)N)C(O)C(N)=O.